The van der Waals surface area contributed by atoms with Gasteiger partial charge in [-0.3, -0.25) is 37.3 Å². The molecular formula is C95H186O17P2. The Morgan fingerprint density at radius 2 is 0.447 bits per heavy atom. The van der Waals surface area contributed by atoms with E-state index in [1.54, 1.807) is 0 Å². The highest BCUT2D eigenvalue weighted by atomic mass is 31.2. The Morgan fingerprint density at radius 1 is 0.254 bits per heavy atom. The molecule has 0 saturated carbocycles. The van der Waals surface area contributed by atoms with E-state index >= 15 is 0 Å². The number of esters is 4. The van der Waals surface area contributed by atoms with Crippen LogP contribution in [0.4, 0.5) is 0 Å². The van der Waals surface area contributed by atoms with E-state index in [1.807, 2.05) is 0 Å². The normalized spacial score (nSPS) is 14.2. The molecule has 17 nitrogen and oxygen atoms in total. The van der Waals surface area contributed by atoms with Gasteiger partial charge in [-0.25, -0.2) is 9.13 Å². The zero-order valence-electron chi connectivity index (χ0n) is 75.6. The molecule has 0 amide bonds. The maximum absolute atomic E-state index is 13.2. The Balaban J connectivity index is 5.25. The lowest BCUT2D eigenvalue weighted by Gasteiger charge is -2.21. The Bertz CT molecular complexity index is 2190. The minimum absolute atomic E-state index is 0.108. The van der Waals surface area contributed by atoms with Crippen LogP contribution in [0.15, 0.2) is 0 Å². The molecule has 0 aliphatic heterocycles. The lowest BCUT2D eigenvalue weighted by atomic mass is 9.99. The summed E-state index contributed by atoms with van der Waals surface area (Å²) < 4.78 is 69.2. The lowest BCUT2D eigenvalue weighted by Crippen LogP contribution is -2.30. The van der Waals surface area contributed by atoms with Crippen molar-refractivity contribution in [2.24, 2.45) is 17.8 Å². The van der Waals surface area contributed by atoms with Crippen molar-refractivity contribution in [2.45, 2.75) is 529 Å². The van der Waals surface area contributed by atoms with Crippen LogP contribution in [0.2, 0.25) is 0 Å². The molecule has 0 aromatic carbocycles. The third kappa shape index (κ3) is 85.1. The molecule has 0 bridgehead atoms. The quantitative estimate of drug-likeness (QED) is 0.0222. The summed E-state index contributed by atoms with van der Waals surface area (Å²) in [7, 11) is -9.94. The molecular weight excluding hydrogens is 1470 g/mol. The fourth-order valence-corrected chi connectivity index (χ4v) is 16.5. The van der Waals surface area contributed by atoms with Crippen molar-refractivity contribution >= 4 is 39.5 Å². The Morgan fingerprint density at radius 3 is 0.667 bits per heavy atom. The molecule has 19 heteroatoms. The summed E-state index contributed by atoms with van der Waals surface area (Å²) in [6.45, 7) is 12.1. The topological polar surface area (TPSA) is 237 Å². The van der Waals surface area contributed by atoms with Gasteiger partial charge in [-0.2, -0.15) is 0 Å². The monoisotopic (exact) mass is 1660 g/mol. The molecule has 4 unspecified atom stereocenters. The van der Waals surface area contributed by atoms with Crippen molar-refractivity contribution in [3.63, 3.8) is 0 Å². The number of rotatable bonds is 93. The number of aliphatic hydroxyl groups is 1. The number of unbranched alkanes of at least 4 members (excludes halogenated alkanes) is 59. The fourth-order valence-electron chi connectivity index (χ4n) is 14.9. The summed E-state index contributed by atoms with van der Waals surface area (Å²) in [4.78, 5) is 73.6. The van der Waals surface area contributed by atoms with Crippen LogP contribution in [0.1, 0.15) is 511 Å². The van der Waals surface area contributed by atoms with E-state index in [0.717, 1.165) is 108 Å². The van der Waals surface area contributed by atoms with Gasteiger partial charge in [0.25, 0.3) is 0 Å². The first-order chi connectivity index (χ1) is 55.3. The van der Waals surface area contributed by atoms with Gasteiger partial charge in [0.05, 0.1) is 26.4 Å². The zero-order chi connectivity index (χ0) is 83.6. The van der Waals surface area contributed by atoms with Crippen molar-refractivity contribution in [1.29, 1.82) is 0 Å². The molecule has 7 atom stereocenters. The molecule has 114 heavy (non-hydrogen) atoms. The number of hydrogen-bond acceptors (Lipinski definition) is 15. The first-order valence-corrected chi connectivity index (χ1v) is 51.9. The highest BCUT2D eigenvalue weighted by molar-refractivity contribution is 7.47. The van der Waals surface area contributed by atoms with Gasteiger partial charge in [0.2, 0.25) is 0 Å². The number of phosphoric acid groups is 2. The van der Waals surface area contributed by atoms with Gasteiger partial charge >= 0.3 is 39.5 Å². The van der Waals surface area contributed by atoms with Gasteiger partial charge in [-0.15, -0.1) is 0 Å². The first-order valence-electron chi connectivity index (χ1n) is 48.9. The van der Waals surface area contributed by atoms with E-state index in [9.17, 15) is 43.2 Å². The van der Waals surface area contributed by atoms with Crippen LogP contribution in [0.25, 0.3) is 0 Å². The molecule has 3 N–H and O–H groups in total. The molecule has 0 rings (SSSR count). The van der Waals surface area contributed by atoms with Gasteiger partial charge in [0, 0.05) is 25.7 Å². The summed E-state index contributed by atoms with van der Waals surface area (Å²) in [5.41, 5.74) is 0. The molecule has 0 saturated heterocycles. The summed E-state index contributed by atoms with van der Waals surface area (Å²) in [5, 5.41) is 10.7. The lowest BCUT2D eigenvalue weighted by molar-refractivity contribution is -0.161. The minimum atomic E-state index is -4.97. The van der Waals surface area contributed by atoms with Crippen LogP contribution in [0.3, 0.4) is 0 Å². The third-order valence-electron chi connectivity index (χ3n) is 23.1. The number of phosphoric ester groups is 2. The summed E-state index contributed by atoms with van der Waals surface area (Å²) in [6.07, 6.45) is 79.2. The van der Waals surface area contributed by atoms with Crippen molar-refractivity contribution in [1.82, 2.24) is 0 Å². The zero-order valence-corrected chi connectivity index (χ0v) is 77.4. The first kappa shape index (κ1) is 112. The molecule has 678 valence electrons. The molecule has 0 radical (unpaired) electrons. The van der Waals surface area contributed by atoms with Gasteiger partial charge in [0.15, 0.2) is 12.2 Å². The summed E-state index contributed by atoms with van der Waals surface area (Å²) >= 11 is 0. The van der Waals surface area contributed by atoms with E-state index in [-0.39, 0.29) is 25.7 Å². The van der Waals surface area contributed by atoms with Crippen LogP contribution in [0.5, 0.6) is 0 Å². The molecule has 0 aliphatic rings. The molecule has 0 aromatic heterocycles. The number of carbonyl (C=O) groups is 4. The molecule has 0 fully saturated rings. The number of ether oxygens (including phenoxy) is 4. The van der Waals surface area contributed by atoms with Crippen LogP contribution in [-0.4, -0.2) is 96.7 Å². The molecule has 0 heterocycles. The molecule has 0 aliphatic carbocycles. The Labute approximate surface area is 702 Å². The largest absolute Gasteiger partial charge is 0.472 e. The van der Waals surface area contributed by atoms with E-state index in [2.05, 4.69) is 48.5 Å². The second-order valence-corrected chi connectivity index (χ2v) is 38.0. The van der Waals surface area contributed by atoms with Crippen molar-refractivity contribution in [3.05, 3.63) is 0 Å². The van der Waals surface area contributed by atoms with Gasteiger partial charge < -0.3 is 33.8 Å². The standard InChI is InChI=1S/C95H186O17P2/c1-8-11-12-13-14-15-16-17-18-19-20-28-33-38-43-48-57-64-72-79-95(100)112-91(83-106-93(98)77-70-63-56-51-50-54-61-68-75-88(7)10-3)85-110-114(103,104)108-81-89(96)80-107-113(101,102)109-84-90(82-105-92(97)76-69-62-55-47-42-37-32-27-23-21-25-30-35-40-45-52-59-66-73-86(4)5)111-94(99)78-71-65-58-49-44-39-34-29-24-22-26-31-36-41-46-53-60-67-74-87(6)9-2/h86-91,96H,8-85H2,1-7H3,(H,101,102)(H,103,104)/t87?,88?,89-,90-,91-/m1/s1. The molecule has 0 spiro atoms. The number of aliphatic hydroxyl groups excluding tert-OH is 1. The minimum Gasteiger partial charge on any atom is -0.462 e. The van der Waals surface area contributed by atoms with E-state index in [0.29, 0.717) is 25.7 Å². The predicted octanol–water partition coefficient (Wildman–Crippen LogP) is 29.6. The number of hydrogen-bond donors (Lipinski definition) is 3. The van der Waals surface area contributed by atoms with Crippen molar-refractivity contribution in [2.75, 3.05) is 39.6 Å². The second kappa shape index (κ2) is 84.7. The Kier molecular flexibility index (Phi) is 83.2. The average molecular weight is 1660 g/mol. The second-order valence-electron chi connectivity index (χ2n) is 35.1. The summed E-state index contributed by atoms with van der Waals surface area (Å²) in [6, 6.07) is 0. The van der Waals surface area contributed by atoms with E-state index < -0.39 is 97.5 Å². The van der Waals surface area contributed by atoms with E-state index in [1.165, 1.54) is 321 Å². The highest BCUT2D eigenvalue weighted by Gasteiger charge is 2.31. The fraction of sp³-hybridized carbons (Fsp3) is 0.958. The maximum atomic E-state index is 13.2. The SMILES string of the molecule is CCCCCCCCCCCCCCCCCCCCCC(=O)O[C@H](COC(=O)CCCCCCCCCCC(C)CC)COP(=O)(O)OC[C@H](O)COP(=O)(O)OC[C@@H](COC(=O)CCCCCCCCCCCCCCCCCCCCC(C)C)OC(=O)CCCCCCCCCCCCCCCCCCCCC(C)CC. The van der Waals surface area contributed by atoms with Crippen LogP contribution < -0.4 is 0 Å². The number of carbonyl (C=O) groups excluding carboxylic acids is 4. The smallest absolute Gasteiger partial charge is 0.462 e. The molecule has 0 aromatic rings. The highest BCUT2D eigenvalue weighted by Crippen LogP contribution is 2.45. The van der Waals surface area contributed by atoms with Gasteiger partial charge in [0.1, 0.15) is 19.3 Å². The summed E-state index contributed by atoms with van der Waals surface area (Å²) in [5.74, 6) is 0.378. The van der Waals surface area contributed by atoms with Crippen molar-refractivity contribution in [3.8, 4) is 0 Å². The van der Waals surface area contributed by atoms with E-state index in [4.69, 9.17) is 37.0 Å². The maximum Gasteiger partial charge on any atom is 0.472 e. The van der Waals surface area contributed by atoms with Crippen LogP contribution in [-0.2, 0) is 65.4 Å². The third-order valence-corrected chi connectivity index (χ3v) is 25.0. The van der Waals surface area contributed by atoms with Gasteiger partial charge in [-0.1, -0.05) is 459 Å². The van der Waals surface area contributed by atoms with Gasteiger partial charge in [-0.05, 0) is 43.4 Å². The Hall–Kier alpha value is -1.94. The average Bonchev–Trinajstić information content (AvgIpc) is 0.894. The predicted molar refractivity (Wildman–Crippen MR) is 474 cm³/mol. The van der Waals surface area contributed by atoms with Crippen LogP contribution >= 0.6 is 15.6 Å². The van der Waals surface area contributed by atoms with Crippen LogP contribution in [0, 0.1) is 17.8 Å². The van der Waals surface area contributed by atoms with Crippen molar-refractivity contribution < 1.29 is 80.2 Å².